The van der Waals surface area contributed by atoms with Crippen molar-refractivity contribution in [3.63, 3.8) is 0 Å². The lowest BCUT2D eigenvalue weighted by Crippen LogP contribution is -2.42. The molecule has 1 saturated heterocycles. The zero-order valence-corrected chi connectivity index (χ0v) is 9.39. The number of benzene rings is 2. The maximum atomic E-state index is 12.1. The minimum atomic E-state index is -0.0699. The molecule has 1 fully saturated rings. The molecule has 17 heavy (non-hydrogen) atoms. The first-order valence-electron chi connectivity index (χ1n) is 5.77. The van der Waals surface area contributed by atoms with E-state index < -0.39 is 0 Å². The molecule has 0 saturated carbocycles. The Labute approximate surface area is 99.3 Å². The zero-order valence-electron chi connectivity index (χ0n) is 9.39. The Hall–Kier alpha value is -2.03. The van der Waals surface area contributed by atoms with E-state index >= 15 is 0 Å². The summed E-state index contributed by atoms with van der Waals surface area (Å²) in [6, 6.07) is 11.1. The average molecular weight is 227 g/mol. The second-order valence-electron chi connectivity index (χ2n) is 4.36. The molecular formula is C14H13NO2. The first-order chi connectivity index (χ1) is 8.25. The van der Waals surface area contributed by atoms with Crippen LogP contribution in [0.3, 0.4) is 0 Å². The van der Waals surface area contributed by atoms with Crippen molar-refractivity contribution in [3.8, 4) is 5.75 Å². The summed E-state index contributed by atoms with van der Waals surface area (Å²) in [6.07, 6.45) is 1.06. The maximum absolute atomic E-state index is 12.1. The van der Waals surface area contributed by atoms with Crippen molar-refractivity contribution in [2.24, 2.45) is 0 Å². The summed E-state index contributed by atoms with van der Waals surface area (Å²) >= 11 is 0. The molecule has 1 N–H and O–H groups in total. The first-order valence-corrected chi connectivity index (χ1v) is 5.77. The van der Waals surface area contributed by atoms with Crippen molar-refractivity contribution in [1.82, 2.24) is 4.90 Å². The lowest BCUT2D eigenvalue weighted by atomic mass is 10.0. The van der Waals surface area contributed by atoms with E-state index in [9.17, 15) is 9.90 Å². The summed E-state index contributed by atoms with van der Waals surface area (Å²) in [5.41, 5.74) is 0.406. The number of carbonyl (C=O) groups excluding carboxylic acids is 1. The number of nitrogens with zero attached hydrogens (tertiary/aromatic N) is 1. The van der Waals surface area contributed by atoms with Crippen LogP contribution in [0.4, 0.5) is 0 Å². The van der Waals surface area contributed by atoms with Gasteiger partial charge in [0.2, 0.25) is 0 Å². The van der Waals surface area contributed by atoms with Gasteiger partial charge in [0, 0.05) is 13.1 Å². The van der Waals surface area contributed by atoms with Crippen molar-refractivity contribution in [2.75, 3.05) is 13.1 Å². The average Bonchev–Trinajstić information content (AvgIpc) is 2.25. The van der Waals surface area contributed by atoms with Gasteiger partial charge in [0.25, 0.3) is 5.91 Å². The fraction of sp³-hybridized carbons (Fsp3) is 0.214. The van der Waals surface area contributed by atoms with Crippen molar-refractivity contribution >= 4 is 16.7 Å². The number of amides is 1. The van der Waals surface area contributed by atoms with E-state index in [1.165, 1.54) is 0 Å². The lowest BCUT2D eigenvalue weighted by Gasteiger charge is -2.31. The molecule has 3 heteroatoms. The van der Waals surface area contributed by atoms with E-state index in [1.807, 2.05) is 24.3 Å². The van der Waals surface area contributed by atoms with E-state index in [0.29, 0.717) is 5.56 Å². The molecule has 0 bridgehead atoms. The lowest BCUT2D eigenvalue weighted by molar-refractivity contribution is 0.0649. The van der Waals surface area contributed by atoms with E-state index in [4.69, 9.17) is 0 Å². The van der Waals surface area contributed by atoms with Gasteiger partial charge in [0.05, 0.1) is 5.56 Å². The summed E-state index contributed by atoms with van der Waals surface area (Å²) in [7, 11) is 0. The Kier molecular flexibility index (Phi) is 2.25. The standard InChI is InChI=1S/C14H13NO2/c16-13-9-11-5-2-1-4-10(11)8-12(13)14(17)15-6-3-7-15/h1-2,4-5,8-9,16H,3,6-7H2. The molecule has 1 amide bonds. The van der Waals surface area contributed by atoms with Crippen molar-refractivity contribution in [1.29, 1.82) is 0 Å². The Morgan fingerprint density at radius 3 is 2.35 bits per heavy atom. The van der Waals surface area contributed by atoms with Crippen LogP contribution in [-0.4, -0.2) is 29.0 Å². The fourth-order valence-electron chi connectivity index (χ4n) is 2.09. The van der Waals surface area contributed by atoms with Gasteiger partial charge in [0.1, 0.15) is 5.75 Å². The molecule has 2 aromatic rings. The molecule has 1 heterocycles. The topological polar surface area (TPSA) is 40.5 Å². The number of likely N-dealkylation sites (tertiary alicyclic amines) is 1. The largest absolute Gasteiger partial charge is 0.507 e. The molecular weight excluding hydrogens is 214 g/mol. The van der Waals surface area contributed by atoms with Crippen molar-refractivity contribution < 1.29 is 9.90 Å². The number of fused-ring (bicyclic) bond motifs is 1. The third-order valence-corrected chi connectivity index (χ3v) is 3.24. The fourth-order valence-corrected chi connectivity index (χ4v) is 2.09. The highest BCUT2D eigenvalue weighted by molar-refractivity contribution is 6.01. The monoisotopic (exact) mass is 227 g/mol. The highest BCUT2D eigenvalue weighted by atomic mass is 16.3. The number of aromatic hydroxyl groups is 1. The highest BCUT2D eigenvalue weighted by Gasteiger charge is 2.23. The molecule has 1 aliphatic rings. The van der Waals surface area contributed by atoms with Gasteiger partial charge < -0.3 is 10.0 Å². The number of hydrogen-bond donors (Lipinski definition) is 1. The minimum Gasteiger partial charge on any atom is -0.507 e. The van der Waals surface area contributed by atoms with Gasteiger partial charge in [-0.15, -0.1) is 0 Å². The van der Waals surface area contributed by atoms with E-state index in [-0.39, 0.29) is 11.7 Å². The Morgan fingerprint density at radius 1 is 1.12 bits per heavy atom. The van der Waals surface area contributed by atoms with Gasteiger partial charge in [-0.1, -0.05) is 24.3 Å². The van der Waals surface area contributed by atoms with Crippen LogP contribution in [0.1, 0.15) is 16.8 Å². The van der Waals surface area contributed by atoms with Gasteiger partial charge in [-0.25, -0.2) is 0 Å². The summed E-state index contributed by atoms with van der Waals surface area (Å²) in [5, 5.41) is 11.8. The quantitative estimate of drug-likeness (QED) is 0.812. The Balaban J connectivity index is 2.09. The van der Waals surface area contributed by atoms with Crippen LogP contribution in [0, 0.1) is 0 Å². The summed E-state index contributed by atoms with van der Waals surface area (Å²) in [4.78, 5) is 13.8. The van der Waals surface area contributed by atoms with Gasteiger partial charge in [0.15, 0.2) is 0 Å². The van der Waals surface area contributed by atoms with Crippen LogP contribution in [0.2, 0.25) is 0 Å². The maximum Gasteiger partial charge on any atom is 0.257 e. The number of phenolic OH excluding ortho intramolecular Hbond substituents is 1. The summed E-state index contributed by atoms with van der Waals surface area (Å²) in [5.74, 6) is 0.0000954. The molecule has 0 aliphatic carbocycles. The molecule has 0 radical (unpaired) electrons. The summed E-state index contributed by atoms with van der Waals surface area (Å²) < 4.78 is 0. The van der Waals surface area contributed by atoms with Crippen LogP contribution in [0.15, 0.2) is 36.4 Å². The van der Waals surface area contributed by atoms with Gasteiger partial charge >= 0.3 is 0 Å². The second-order valence-corrected chi connectivity index (χ2v) is 4.36. The molecule has 3 nitrogen and oxygen atoms in total. The molecule has 0 unspecified atom stereocenters. The molecule has 3 rings (SSSR count). The van der Waals surface area contributed by atoms with Crippen LogP contribution < -0.4 is 0 Å². The predicted molar refractivity (Wildman–Crippen MR) is 66.1 cm³/mol. The van der Waals surface area contributed by atoms with E-state index in [0.717, 1.165) is 30.3 Å². The number of hydrogen-bond acceptors (Lipinski definition) is 2. The van der Waals surface area contributed by atoms with Crippen LogP contribution in [0.25, 0.3) is 10.8 Å². The molecule has 1 aliphatic heterocycles. The van der Waals surface area contributed by atoms with Crippen LogP contribution in [-0.2, 0) is 0 Å². The predicted octanol–water partition coefficient (Wildman–Crippen LogP) is 2.39. The highest BCUT2D eigenvalue weighted by Crippen LogP contribution is 2.27. The normalized spacial score (nSPS) is 14.7. The van der Waals surface area contributed by atoms with Crippen molar-refractivity contribution in [3.05, 3.63) is 42.0 Å². The Morgan fingerprint density at radius 2 is 1.76 bits per heavy atom. The van der Waals surface area contributed by atoms with Gasteiger partial charge in [-0.05, 0) is 29.3 Å². The molecule has 86 valence electrons. The van der Waals surface area contributed by atoms with Crippen LogP contribution >= 0.6 is 0 Å². The van der Waals surface area contributed by atoms with Crippen molar-refractivity contribution in [2.45, 2.75) is 6.42 Å². The van der Waals surface area contributed by atoms with E-state index in [2.05, 4.69) is 0 Å². The van der Waals surface area contributed by atoms with Crippen LogP contribution in [0.5, 0.6) is 5.75 Å². The van der Waals surface area contributed by atoms with Gasteiger partial charge in [-0.2, -0.15) is 0 Å². The smallest absolute Gasteiger partial charge is 0.257 e. The molecule has 0 aromatic heterocycles. The zero-order chi connectivity index (χ0) is 11.8. The minimum absolute atomic E-state index is 0.0699. The SMILES string of the molecule is O=C(c1cc2ccccc2cc1O)N1CCC1. The third kappa shape index (κ3) is 1.64. The number of phenols is 1. The molecule has 0 atom stereocenters. The van der Waals surface area contributed by atoms with E-state index in [1.54, 1.807) is 17.0 Å². The number of carbonyl (C=O) groups is 1. The number of rotatable bonds is 1. The molecule has 0 spiro atoms. The molecule has 2 aromatic carbocycles. The first kappa shape index (κ1) is 10.1. The third-order valence-electron chi connectivity index (χ3n) is 3.24. The second kappa shape index (κ2) is 3.77. The summed E-state index contributed by atoms with van der Waals surface area (Å²) in [6.45, 7) is 1.59. The van der Waals surface area contributed by atoms with Gasteiger partial charge in [-0.3, -0.25) is 4.79 Å². The Bertz CT molecular complexity index is 588.